The molecule has 7 heteroatoms. The van der Waals surface area contributed by atoms with E-state index in [4.69, 9.17) is 9.72 Å². The van der Waals surface area contributed by atoms with Crippen LogP contribution in [0, 0.1) is 5.92 Å². The van der Waals surface area contributed by atoms with Gasteiger partial charge in [0.2, 0.25) is 0 Å². The molecular formula is C19H27N3O3S. The highest BCUT2D eigenvalue weighted by Crippen LogP contribution is 2.29. The molecule has 1 aromatic heterocycles. The first kappa shape index (κ1) is 19.0. The standard InChI is InChI=1S/C19H27N3O3S/c1-14(2)6-9-18-20-19(22(21-18)10-11-25-3)16-7-8-17-15(13-16)5-4-12-26(17,23)24/h7-8,13-14H,4-6,9-12H2,1-3H3. The van der Waals surface area contributed by atoms with Gasteiger partial charge in [-0.15, -0.1) is 0 Å². The van der Waals surface area contributed by atoms with Crippen molar-refractivity contribution in [1.82, 2.24) is 14.8 Å². The van der Waals surface area contributed by atoms with Crippen LogP contribution in [0.15, 0.2) is 23.1 Å². The van der Waals surface area contributed by atoms with Crippen LogP contribution in [0.3, 0.4) is 0 Å². The maximum atomic E-state index is 12.2. The first-order valence-electron chi connectivity index (χ1n) is 9.19. The number of aromatic nitrogens is 3. The summed E-state index contributed by atoms with van der Waals surface area (Å²) in [7, 11) is -1.47. The molecule has 0 N–H and O–H groups in total. The maximum Gasteiger partial charge on any atom is 0.178 e. The van der Waals surface area contributed by atoms with Gasteiger partial charge in [0, 0.05) is 19.1 Å². The molecule has 0 saturated heterocycles. The molecule has 1 aliphatic rings. The van der Waals surface area contributed by atoms with E-state index >= 15 is 0 Å². The van der Waals surface area contributed by atoms with Crippen molar-refractivity contribution in [3.63, 3.8) is 0 Å². The molecule has 1 aromatic carbocycles. The molecule has 2 aromatic rings. The summed E-state index contributed by atoms with van der Waals surface area (Å²) in [5.41, 5.74) is 1.80. The summed E-state index contributed by atoms with van der Waals surface area (Å²) in [6.07, 6.45) is 3.34. The zero-order chi connectivity index (χ0) is 18.7. The van der Waals surface area contributed by atoms with Gasteiger partial charge in [0.15, 0.2) is 21.5 Å². The molecule has 1 aliphatic heterocycles. The summed E-state index contributed by atoms with van der Waals surface area (Å²) in [5, 5.41) is 4.64. The Kier molecular flexibility index (Phi) is 5.77. The van der Waals surface area contributed by atoms with Gasteiger partial charge in [-0.1, -0.05) is 13.8 Å². The van der Waals surface area contributed by atoms with Crippen molar-refractivity contribution in [2.75, 3.05) is 19.5 Å². The molecule has 0 radical (unpaired) electrons. The maximum absolute atomic E-state index is 12.2. The number of rotatable bonds is 7. The van der Waals surface area contributed by atoms with E-state index in [-0.39, 0.29) is 5.75 Å². The Bertz CT molecular complexity index is 872. The number of hydrogen-bond acceptors (Lipinski definition) is 5. The first-order chi connectivity index (χ1) is 12.4. The molecule has 6 nitrogen and oxygen atoms in total. The van der Waals surface area contributed by atoms with Crippen LogP contribution < -0.4 is 0 Å². The van der Waals surface area contributed by atoms with Gasteiger partial charge < -0.3 is 4.74 Å². The van der Waals surface area contributed by atoms with Gasteiger partial charge >= 0.3 is 0 Å². The van der Waals surface area contributed by atoms with Gasteiger partial charge in [0.05, 0.1) is 23.8 Å². The number of benzene rings is 1. The topological polar surface area (TPSA) is 74.1 Å². The molecule has 2 heterocycles. The molecule has 0 saturated carbocycles. The van der Waals surface area contributed by atoms with Gasteiger partial charge in [0.1, 0.15) is 0 Å². The largest absolute Gasteiger partial charge is 0.383 e. The number of hydrogen-bond donors (Lipinski definition) is 0. The van der Waals surface area contributed by atoms with Crippen molar-refractivity contribution in [1.29, 1.82) is 0 Å². The normalized spacial score (nSPS) is 16.0. The predicted octanol–water partition coefficient (Wildman–Crippen LogP) is 2.90. The Morgan fingerprint density at radius 1 is 1.31 bits per heavy atom. The molecule has 0 unspecified atom stereocenters. The lowest BCUT2D eigenvalue weighted by molar-refractivity contribution is 0.184. The monoisotopic (exact) mass is 377 g/mol. The second kappa shape index (κ2) is 7.88. The van der Waals surface area contributed by atoms with Crippen molar-refractivity contribution in [3.8, 4) is 11.4 Å². The summed E-state index contributed by atoms with van der Waals surface area (Å²) >= 11 is 0. The minimum Gasteiger partial charge on any atom is -0.383 e. The highest BCUT2D eigenvalue weighted by Gasteiger charge is 2.24. The highest BCUT2D eigenvalue weighted by atomic mass is 32.2. The summed E-state index contributed by atoms with van der Waals surface area (Å²) in [5.74, 6) is 2.45. The molecular weight excluding hydrogens is 350 g/mol. The van der Waals surface area contributed by atoms with Crippen LogP contribution in [0.25, 0.3) is 11.4 Å². The number of methoxy groups -OCH3 is 1. The van der Waals surface area contributed by atoms with Gasteiger partial charge in [-0.05, 0) is 48.9 Å². The number of aryl methyl sites for hydroxylation is 2. The molecule has 0 aliphatic carbocycles. The highest BCUT2D eigenvalue weighted by molar-refractivity contribution is 7.91. The van der Waals surface area contributed by atoms with Crippen molar-refractivity contribution in [3.05, 3.63) is 29.6 Å². The van der Waals surface area contributed by atoms with Gasteiger partial charge in [-0.3, -0.25) is 0 Å². The Balaban J connectivity index is 1.96. The quantitative estimate of drug-likeness (QED) is 0.742. The van der Waals surface area contributed by atoms with E-state index in [1.165, 1.54) is 0 Å². The average molecular weight is 378 g/mol. The minimum absolute atomic E-state index is 0.239. The van der Waals surface area contributed by atoms with E-state index in [2.05, 4.69) is 18.9 Å². The van der Waals surface area contributed by atoms with Crippen molar-refractivity contribution in [2.24, 2.45) is 5.92 Å². The van der Waals surface area contributed by atoms with Crippen molar-refractivity contribution in [2.45, 2.75) is 51.0 Å². The van der Waals surface area contributed by atoms with Crippen LogP contribution in [0.2, 0.25) is 0 Å². The third-order valence-electron chi connectivity index (χ3n) is 4.68. The summed E-state index contributed by atoms with van der Waals surface area (Å²) < 4.78 is 31.5. The number of sulfone groups is 1. The molecule has 3 rings (SSSR count). The lowest BCUT2D eigenvalue weighted by Gasteiger charge is -2.17. The fourth-order valence-corrected chi connectivity index (χ4v) is 4.82. The zero-order valence-corrected chi connectivity index (χ0v) is 16.6. The second-order valence-electron chi connectivity index (χ2n) is 7.25. The Labute approximate surface area is 155 Å². The Morgan fingerprint density at radius 3 is 2.85 bits per heavy atom. The smallest absolute Gasteiger partial charge is 0.178 e. The van der Waals surface area contributed by atoms with Crippen molar-refractivity contribution >= 4 is 9.84 Å². The summed E-state index contributed by atoms with van der Waals surface area (Å²) in [6.45, 7) is 5.55. The second-order valence-corrected chi connectivity index (χ2v) is 9.32. The van der Waals surface area contributed by atoms with E-state index in [0.29, 0.717) is 30.4 Å². The molecule has 142 valence electrons. The zero-order valence-electron chi connectivity index (χ0n) is 15.7. The SMILES string of the molecule is COCCn1nc(CCC(C)C)nc1-c1ccc2c(c1)CCCS2(=O)=O. The fraction of sp³-hybridized carbons (Fsp3) is 0.579. The van der Waals surface area contributed by atoms with Crippen LogP contribution in [-0.4, -0.2) is 42.7 Å². The molecule has 26 heavy (non-hydrogen) atoms. The lowest BCUT2D eigenvalue weighted by Crippen LogP contribution is -2.16. The predicted molar refractivity (Wildman–Crippen MR) is 101 cm³/mol. The summed E-state index contributed by atoms with van der Waals surface area (Å²) in [4.78, 5) is 5.21. The fourth-order valence-electron chi connectivity index (χ4n) is 3.24. The van der Waals surface area contributed by atoms with Crippen LogP contribution in [0.4, 0.5) is 0 Å². The molecule has 0 amide bonds. The van der Waals surface area contributed by atoms with Crippen molar-refractivity contribution < 1.29 is 13.2 Å². The Hall–Kier alpha value is -1.73. The van der Waals surface area contributed by atoms with E-state index in [1.54, 1.807) is 13.2 Å². The van der Waals surface area contributed by atoms with Crippen LogP contribution in [0.1, 0.15) is 38.1 Å². The van der Waals surface area contributed by atoms with Crippen LogP contribution in [0.5, 0.6) is 0 Å². The van der Waals surface area contributed by atoms with E-state index in [0.717, 1.165) is 42.0 Å². The molecule has 0 fully saturated rings. The van der Waals surface area contributed by atoms with Gasteiger partial charge in [-0.2, -0.15) is 5.10 Å². The van der Waals surface area contributed by atoms with E-state index in [1.807, 2.05) is 16.8 Å². The Morgan fingerprint density at radius 2 is 2.12 bits per heavy atom. The number of fused-ring (bicyclic) bond motifs is 1. The van der Waals surface area contributed by atoms with Crippen LogP contribution in [-0.2, 0) is 34.0 Å². The number of ether oxygens (including phenoxy) is 1. The molecule has 0 bridgehead atoms. The molecule has 0 atom stereocenters. The van der Waals surface area contributed by atoms with E-state index in [9.17, 15) is 8.42 Å². The van der Waals surface area contributed by atoms with Gasteiger partial charge in [-0.25, -0.2) is 18.1 Å². The van der Waals surface area contributed by atoms with E-state index < -0.39 is 9.84 Å². The minimum atomic E-state index is -3.14. The third kappa shape index (κ3) is 4.15. The van der Waals surface area contributed by atoms with Crippen LogP contribution >= 0.6 is 0 Å². The number of nitrogens with zero attached hydrogens (tertiary/aromatic N) is 3. The first-order valence-corrected chi connectivity index (χ1v) is 10.8. The lowest BCUT2D eigenvalue weighted by atomic mass is 10.1. The third-order valence-corrected chi connectivity index (χ3v) is 6.58. The summed E-state index contributed by atoms with van der Waals surface area (Å²) in [6, 6.07) is 5.54. The van der Waals surface area contributed by atoms with Gasteiger partial charge in [0.25, 0.3) is 0 Å². The average Bonchev–Trinajstić information content (AvgIpc) is 3.00. The molecule has 0 spiro atoms.